The standard InChI is InChI=1S/C14H18N2O/c1-16(12-5-3-2-4-6-12)14-11-8-7-10(9-11)13(14)15-17/h2-6,10-11,14,17H,7-9H2,1H3/b15-13-/t10-,11+,14+/m0/s1. The van der Waals surface area contributed by atoms with Crippen LogP contribution in [0, 0.1) is 11.8 Å². The predicted molar refractivity (Wildman–Crippen MR) is 68.7 cm³/mol. The van der Waals surface area contributed by atoms with Gasteiger partial charge in [-0.2, -0.15) is 0 Å². The number of anilines is 1. The first-order valence-corrected chi connectivity index (χ1v) is 6.31. The monoisotopic (exact) mass is 230 g/mol. The van der Waals surface area contributed by atoms with Crippen LogP contribution in [-0.4, -0.2) is 24.0 Å². The average Bonchev–Trinajstić information content (AvgIpc) is 2.98. The Labute approximate surface area is 102 Å². The summed E-state index contributed by atoms with van der Waals surface area (Å²) >= 11 is 0. The van der Waals surface area contributed by atoms with Crippen molar-refractivity contribution in [3.63, 3.8) is 0 Å². The molecule has 90 valence electrons. The van der Waals surface area contributed by atoms with Crippen molar-refractivity contribution in [3.05, 3.63) is 30.3 Å². The van der Waals surface area contributed by atoms with E-state index in [0.29, 0.717) is 17.9 Å². The minimum Gasteiger partial charge on any atom is -0.411 e. The highest BCUT2D eigenvalue weighted by Crippen LogP contribution is 2.45. The number of benzene rings is 1. The lowest BCUT2D eigenvalue weighted by atomic mass is 9.92. The van der Waals surface area contributed by atoms with Crippen LogP contribution in [0.5, 0.6) is 0 Å². The highest BCUT2D eigenvalue weighted by molar-refractivity contribution is 5.96. The van der Waals surface area contributed by atoms with Gasteiger partial charge in [-0.25, -0.2) is 0 Å². The van der Waals surface area contributed by atoms with Crippen molar-refractivity contribution in [2.45, 2.75) is 25.3 Å². The molecule has 1 aromatic rings. The molecule has 1 N–H and O–H groups in total. The molecule has 0 saturated heterocycles. The van der Waals surface area contributed by atoms with Gasteiger partial charge >= 0.3 is 0 Å². The molecule has 3 rings (SSSR count). The highest BCUT2D eigenvalue weighted by Gasteiger charge is 2.47. The molecule has 0 amide bonds. The van der Waals surface area contributed by atoms with Crippen LogP contribution in [0.25, 0.3) is 0 Å². The quantitative estimate of drug-likeness (QED) is 0.626. The second kappa shape index (κ2) is 4.06. The molecule has 17 heavy (non-hydrogen) atoms. The summed E-state index contributed by atoms with van der Waals surface area (Å²) in [5.74, 6) is 1.18. The van der Waals surface area contributed by atoms with Crippen LogP contribution in [0.15, 0.2) is 35.5 Å². The second-order valence-electron chi connectivity index (χ2n) is 5.19. The molecule has 0 heterocycles. The Morgan fingerprint density at radius 2 is 2.00 bits per heavy atom. The number of oxime groups is 1. The third-order valence-electron chi connectivity index (χ3n) is 4.34. The molecular formula is C14H18N2O. The molecule has 3 nitrogen and oxygen atoms in total. The van der Waals surface area contributed by atoms with Crippen molar-refractivity contribution >= 4 is 11.4 Å². The van der Waals surface area contributed by atoms with Crippen molar-refractivity contribution in [1.82, 2.24) is 0 Å². The van der Waals surface area contributed by atoms with Crippen LogP contribution in [-0.2, 0) is 0 Å². The van der Waals surface area contributed by atoms with Crippen LogP contribution < -0.4 is 4.90 Å². The molecule has 2 aliphatic rings. The van der Waals surface area contributed by atoms with Crippen LogP contribution in [0.3, 0.4) is 0 Å². The van der Waals surface area contributed by atoms with Gasteiger partial charge in [0.25, 0.3) is 0 Å². The van der Waals surface area contributed by atoms with Crippen LogP contribution in [0.1, 0.15) is 19.3 Å². The van der Waals surface area contributed by atoms with E-state index in [9.17, 15) is 5.21 Å². The summed E-state index contributed by atoms with van der Waals surface area (Å²) in [4.78, 5) is 2.26. The maximum Gasteiger partial charge on any atom is 0.0828 e. The zero-order chi connectivity index (χ0) is 11.8. The van der Waals surface area contributed by atoms with Gasteiger partial charge in [0.1, 0.15) is 0 Å². The van der Waals surface area contributed by atoms with E-state index in [2.05, 4.69) is 41.4 Å². The first kappa shape index (κ1) is 10.6. The fourth-order valence-corrected chi connectivity index (χ4v) is 3.53. The molecule has 3 atom stereocenters. The average molecular weight is 230 g/mol. The summed E-state index contributed by atoms with van der Waals surface area (Å²) in [5.41, 5.74) is 2.19. The zero-order valence-electron chi connectivity index (χ0n) is 10.1. The fourth-order valence-electron chi connectivity index (χ4n) is 3.53. The largest absolute Gasteiger partial charge is 0.411 e. The molecule has 0 radical (unpaired) electrons. The number of para-hydroxylation sites is 1. The molecule has 3 heteroatoms. The van der Waals surface area contributed by atoms with E-state index >= 15 is 0 Å². The number of hydrogen-bond acceptors (Lipinski definition) is 3. The van der Waals surface area contributed by atoms with E-state index < -0.39 is 0 Å². The molecule has 0 spiro atoms. The van der Waals surface area contributed by atoms with Gasteiger partial charge in [-0.05, 0) is 37.3 Å². The zero-order valence-corrected chi connectivity index (χ0v) is 10.1. The molecule has 2 aliphatic carbocycles. The predicted octanol–water partition coefficient (Wildman–Crippen LogP) is 2.75. The van der Waals surface area contributed by atoms with Gasteiger partial charge in [-0.1, -0.05) is 23.4 Å². The van der Waals surface area contributed by atoms with Crippen LogP contribution in [0.4, 0.5) is 5.69 Å². The lowest BCUT2D eigenvalue weighted by molar-refractivity contribution is 0.311. The summed E-state index contributed by atoms with van der Waals surface area (Å²) in [7, 11) is 2.10. The summed E-state index contributed by atoms with van der Waals surface area (Å²) in [6, 6.07) is 10.6. The van der Waals surface area contributed by atoms with E-state index in [1.165, 1.54) is 24.9 Å². The number of nitrogens with zero attached hydrogens (tertiary/aromatic N) is 2. The Morgan fingerprint density at radius 1 is 1.24 bits per heavy atom. The first-order valence-electron chi connectivity index (χ1n) is 6.31. The minimum absolute atomic E-state index is 0.293. The molecule has 2 fully saturated rings. The van der Waals surface area contributed by atoms with Gasteiger partial charge in [0.15, 0.2) is 0 Å². The Kier molecular flexibility index (Phi) is 2.54. The van der Waals surface area contributed by atoms with E-state index in [1.807, 2.05) is 6.07 Å². The van der Waals surface area contributed by atoms with Crippen molar-refractivity contribution in [3.8, 4) is 0 Å². The number of fused-ring (bicyclic) bond motifs is 2. The fraction of sp³-hybridized carbons (Fsp3) is 0.500. The van der Waals surface area contributed by atoms with E-state index in [-0.39, 0.29) is 0 Å². The lowest BCUT2D eigenvalue weighted by Gasteiger charge is -2.33. The molecule has 2 saturated carbocycles. The van der Waals surface area contributed by atoms with E-state index in [1.54, 1.807) is 0 Å². The Balaban J connectivity index is 1.89. The van der Waals surface area contributed by atoms with Gasteiger partial charge in [-0.15, -0.1) is 0 Å². The van der Waals surface area contributed by atoms with E-state index in [0.717, 1.165) is 5.71 Å². The maximum atomic E-state index is 9.22. The van der Waals surface area contributed by atoms with Gasteiger partial charge in [0.2, 0.25) is 0 Å². The van der Waals surface area contributed by atoms with Gasteiger partial charge in [0, 0.05) is 18.7 Å². The van der Waals surface area contributed by atoms with Crippen molar-refractivity contribution in [1.29, 1.82) is 0 Å². The summed E-state index contributed by atoms with van der Waals surface area (Å²) in [6.07, 6.45) is 3.66. The summed E-state index contributed by atoms with van der Waals surface area (Å²) < 4.78 is 0. The number of rotatable bonds is 2. The Hall–Kier alpha value is -1.51. The third-order valence-corrected chi connectivity index (χ3v) is 4.34. The summed E-state index contributed by atoms with van der Waals surface area (Å²) in [5, 5.41) is 12.8. The van der Waals surface area contributed by atoms with Crippen molar-refractivity contribution in [2.75, 3.05) is 11.9 Å². The smallest absolute Gasteiger partial charge is 0.0828 e. The van der Waals surface area contributed by atoms with Gasteiger partial charge in [-0.3, -0.25) is 0 Å². The van der Waals surface area contributed by atoms with Gasteiger partial charge < -0.3 is 10.1 Å². The third kappa shape index (κ3) is 1.61. The van der Waals surface area contributed by atoms with Gasteiger partial charge in [0.05, 0.1) is 11.8 Å². The highest BCUT2D eigenvalue weighted by atomic mass is 16.4. The molecule has 0 unspecified atom stereocenters. The second-order valence-corrected chi connectivity index (χ2v) is 5.19. The normalized spacial score (nSPS) is 33.2. The molecule has 2 bridgehead atoms. The SMILES string of the molecule is CN(c1ccccc1)[C@H]1/C(=N\O)[C@H]2CC[C@@H]1C2. The van der Waals surface area contributed by atoms with Crippen molar-refractivity contribution in [2.24, 2.45) is 17.0 Å². The van der Waals surface area contributed by atoms with Crippen molar-refractivity contribution < 1.29 is 5.21 Å². The molecule has 1 aromatic carbocycles. The molecule has 0 aliphatic heterocycles. The Bertz CT molecular complexity index is 429. The minimum atomic E-state index is 0.293. The summed E-state index contributed by atoms with van der Waals surface area (Å²) in [6.45, 7) is 0. The lowest BCUT2D eigenvalue weighted by Crippen LogP contribution is -2.42. The molecule has 0 aromatic heterocycles. The maximum absolute atomic E-state index is 9.22. The number of hydrogen-bond donors (Lipinski definition) is 1. The van der Waals surface area contributed by atoms with E-state index in [4.69, 9.17) is 0 Å². The molecular weight excluding hydrogens is 212 g/mol. The topological polar surface area (TPSA) is 35.8 Å². The Morgan fingerprint density at radius 3 is 2.71 bits per heavy atom. The van der Waals surface area contributed by atoms with Crippen LogP contribution >= 0.6 is 0 Å². The van der Waals surface area contributed by atoms with Crippen LogP contribution in [0.2, 0.25) is 0 Å². The first-order chi connectivity index (χ1) is 8.31.